The Labute approximate surface area is 367 Å². The first-order chi connectivity index (χ1) is 30.0. The van der Waals surface area contributed by atoms with Crippen LogP contribution in [0.15, 0.2) is 164 Å². The van der Waals surface area contributed by atoms with Crippen molar-refractivity contribution in [2.24, 2.45) is 6.98 Å². The van der Waals surface area contributed by atoms with E-state index in [9.17, 15) is 0 Å². The summed E-state index contributed by atoms with van der Waals surface area (Å²) in [5, 5.41) is 4.33. The Morgan fingerprint density at radius 1 is 0.617 bits per heavy atom. The van der Waals surface area contributed by atoms with Gasteiger partial charge in [-0.1, -0.05) is 123 Å². The fourth-order valence-electron chi connectivity index (χ4n) is 8.74. The molecule has 7 heteroatoms. The van der Waals surface area contributed by atoms with Gasteiger partial charge in [-0.2, -0.15) is 18.2 Å². The van der Waals surface area contributed by atoms with E-state index in [0.717, 1.165) is 71.8 Å². The van der Waals surface area contributed by atoms with E-state index in [1.807, 2.05) is 97.1 Å². The van der Waals surface area contributed by atoms with Crippen LogP contribution in [-0.4, -0.2) is 18.7 Å². The van der Waals surface area contributed by atoms with Crippen molar-refractivity contribution in [3.05, 3.63) is 188 Å². The van der Waals surface area contributed by atoms with Gasteiger partial charge < -0.3 is 23.0 Å². The third kappa shape index (κ3) is 5.97. The summed E-state index contributed by atoms with van der Waals surface area (Å²) in [5.74, 6) is 1.73. The van der Waals surface area contributed by atoms with Gasteiger partial charge in [-0.3, -0.25) is 0 Å². The smallest absolute Gasteiger partial charge is 0.242 e. The molecule has 0 radical (unpaired) electrons. The van der Waals surface area contributed by atoms with Crippen LogP contribution in [0.3, 0.4) is 0 Å². The van der Waals surface area contributed by atoms with Gasteiger partial charge in [0, 0.05) is 66.3 Å². The standard InChI is InChI=1S/C53H39N5O.Pt/c1-53(2,3)44-30-29-42-40-21-9-10-23-45(40)57(35-16-6-5-7-17-35)52(42)50(44)43-22-15-25-47-51(43)55(4)34-56(47)36-18-14-19-37(32-36)59-38-27-28-41-39-20-8-11-24-46(39)58(48(41)33-38)49-26-12-13-31-54-49;/h5-31H,1-4H3;/q-2;/i4D3;. The minimum atomic E-state index is -2.56. The second kappa shape index (κ2) is 14.5. The Hall–Kier alpha value is -6.75. The molecule has 0 N–H and O–H groups in total. The molecule has 11 rings (SSSR count). The quantitative estimate of drug-likeness (QED) is 0.123. The van der Waals surface area contributed by atoms with Gasteiger partial charge >= 0.3 is 0 Å². The molecule has 0 bridgehead atoms. The molecule has 60 heavy (non-hydrogen) atoms. The molecule has 294 valence electrons. The molecule has 6 nitrogen and oxygen atoms in total. The van der Waals surface area contributed by atoms with Crippen LogP contribution in [-0.2, 0) is 33.5 Å². The third-order valence-electron chi connectivity index (χ3n) is 11.3. The van der Waals surface area contributed by atoms with E-state index in [2.05, 4.69) is 114 Å². The molecule has 4 heterocycles. The Balaban J connectivity index is 0.00000471. The van der Waals surface area contributed by atoms with Gasteiger partial charge in [0.25, 0.3) is 0 Å². The maximum Gasteiger partial charge on any atom is 0.242 e. The molecule has 0 aliphatic carbocycles. The average molecular weight is 960 g/mol. The summed E-state index contributed by atoms with van der Waals surface area (Å²) >= 11 is 0. The van der Waals surface area contributed by atoms with Crippen LogP contribution in [0.5, 0.6) is 11.5 Å². The van der Waals surface area contributed by atoms with Crippen LogP contribution >= 0.6 is 0 Å². The second-order valence-corrected chi connectivity index (χ2v) is 15.9. The van der Waals surface area contributed by atoms with Crippen LogP contribution < -0.4 is 9.30 Å². The van der Waals surface area contributed by atoms with E-state index in [0.29, 0.717) is 28.2 Å². The Kier molecular flexibility index (Phi) is 8.26. The van der Waals surface area contributed by atoms with E-state index < -0.39 is 6.98 Å². The van der Waals surface area contributed by atoms with Gasteiger partial charge in [0.15, 0.2) is 0 Å². The van der Waals surface area contributed by atoms with Crippen molar-refractivity contribution >= 4 is 54.6 Å². The number of benzene rings is 7. The predicted molar refractivity (Wildman–Crippen MR) is 238 cm³/mol. The van der Waals surface area contributed by atoms with Crippen molar-refractivity contribution in [2.75, 3.05) is 0 Å². The molecule has 0 amide bonds. The molecule has 0 unspecified atom stereocenters. The second-order valence-electron chi connectivity index (χ2n) is 15.9. The minimum Gasteiger partial charge on any atom is -0.510 e. The van der Waals surface area contributed by atoms with Crippen LogP contribution in [0.2, 0.25) is 0 Å². The summed E-state index contributed by atoms with van der Waals surface area (Å²) in [6, 6.07) is 59.8. The monoisotopic (exact) mass is 959 g/mol. The Bertz CT molecular complexity index is 3530. The topological polar surface area (TPSA) is 40.8 Å². The van der Waals surface area contributed by atoms with Crippen molar-refractivity contribution in [3.8, 4) is 39.8 Å². The molecule has 0 aliphatic heterocycles. The number of imidazole rings is 1. The molecular formula is C53H39N5OPt-2. The zero-order valence-corrected chi connectivity index (χ0v) is 35.3. The molecule has 0 saturated carbocycles. The number of ether oxygens (including phenoxy) is 1. The summed E-state index contributed by atoms with van der Waals surface area (Å²) in [6.07, 6.45) is 5.03. The summed E-state index contributed by atoms with van der Waals surface area (Å²) in [5.41, 5.74) is 9.31. The number of fused-ring (bicyclic) bond motifs is 7. The first-order valence-corrected chi connectivity index (χ1v) is 19.7. The molecule has 0 saturated heterocycles. The van der Waals surface area contributed by atoms with Gasteiger partial charge in [-0.05, 0) is 58.3 Å². The van der Waals surface area contributed by atoms with Gasteiger partial charge in [-0.15, -0.1) is 29.7 Å². The van der Waals surface area contributed by atoms with E-state index in [4.69, 9.17) is 8.85 Å². The summed E-state index contributed by atoms with van der Waals surface area (Å²) in [6.45, 7) is 4.05. The maximum absolute atomic E-state index is 8.87. The molecule has 0 aliphatic rings. The number of pyridine rings is 1. The molecule has 0 atom stereocenters. The van der Waals surface area contributed by atoms with E-state index in [1.165, 1.54) is 4.57 Å². The van der Waals surface area contributed by atoms with Gasteiger partial charge in [-0.25, -0.2) is 4.98 Å². The zero-order valence-electron chi connectivity index (χ0n) is 36.0. The van der Waals surface area contributed by atoms with Crippen molar-refractivity contribution in [2.45, 2.75) is 26.2 Å². The van der Waals surface area contributed by atoms with Crippen molar-refractivity contribution in [3.63, 3.8) is 0 Å². The van der Waals surface area contributed by atoms with E-state index in [1.54, 1.807) is 10.8 Å². The molecule has 4 aromatic heterocycles. The predicted octanol–water partition coefficient (Wildman–Crippen LogP) is 12.2. The molecule has 0 fully saturated rings. The molecule has 0 spiro atoms. The number of aryl methyl sites for hydroxylation is 1. The SMILES string of the molecule is [2H]C([2H])([2H])[n+]1[c-]n(-c2[c-]c(Oc3[c-]c4c(cc3)c3ccccc3n4-c3ccccn3)ccc2)c2cccc(-c3c(C(C)(C)C)ccc4c5ccccc5n(-c5ccccc5)c34)c21.[Pt]. The summed E-state index contributed by atoms with van der Waals surface area (Å²) < 4.78 is 40.6. The molecular weight excluding hydrogens is 918 g/mol. The number of rotatable bonds is 6. The van der Waals surface area contributed by atoms with Crippen molar-refractivity contribution in [1.82, 2.24) is 18.7 Å². The Morgan fingerprint density at radius 3 is 2.07 bits per heavy atom. The summed E-state index contributed by atoms with van der Waals surface area (Å²) in [4.78, 5) is 4.66. The number of para-hydroxylation sites is 4. The third-order valence-corrected chi connectivity index (χ3v) is 11.3. The van der Waals surface area contributed by atoms with Crippen LogP contribution in [0.4, 0.5) is 0 Å². The van der Waals surface area contributed by atoms with Crippen molar-refractivity contribution < 1.29 is 34.5 Å². The number of aromatic nitrogens is 5. The summed E-state index contributed by atoms with van der Waals surface area (Å²) in [7, 11) is 0. The first kappa shape index (κ1) is 34.1. The molecule has 7 aromatic carbocycles. The minimum absolute atomic E-state index is 0. The fraction of sp³-hybridized carbons (Fsp3) is 0.0943. The normalized spacial score (nSPS) is 12.8. The van der Waals surface area contributed by atoms with E-state index in [-0.39, 0.29) is 26.5 Å². The fourth-order valence-corrected chi connectivity index (χ4v) is 8.74. The van der Waals surface area contributed by atoms with Gasteiger partial charge in [0.1, 0.15) is 5.82 Å². The Morgan fingerprint density at radius 2 is 1.30 bits per heavy atom. The maximum atomic E-state index is 8.87. The molecule has 11 aromatic rings. The number of hydrogen-bond acceptors (Lipinski definition) is 2. The van der Waals surface area contributed by atoms with E-state index >= 15 is 0 Å². The van der Waals surface area contributed by atoms with Crippen molar-refractivity contribution in [1.29, 1.82) is 0 Å². The van der Waals surface area contributed by atoms with Gasteiger partial charge in [0.2, 0.25) is 6.33 Å². The van der Waals surface area contributed by atoms with Crippen LogP contribution in [0.25, 0.3) is 83.0 Å². The average Bonchev–Trinajstić information content (AvgIpc) is 3.95. The number of nitrogens with zero attached hydrogens (tertiary/aromatic N) is 5. The largest absolute Gasteiger partial charge is 0.510 e. The zero-order chi connectivity index (χ0) is 42.3. The number of hydrogen-bond donors (Lipinski definition) is 0. The van der Waals surface area contributed by atoms with Gasteiger partial charge in [0.05, 0.1) is 33.2 Å². The van der Waals surface area contributed by atoms with Crippen LogP contribution in [0.1, 0.15) is 30.4 Å². The first-order valence-electron chi connectivity index (χ1n) is 21.2. The van der Waals surface area contributed by atoms with Crippen LogP contribution in [0, 0.1) is 18.5 Å².